The lowest BCUT2D eigenvalue weighted by atomic mass is 9.99. The van der Waals surface area contributed by atoms with E-state index in [1.165, 1.54) is 12.0 Å². The van der Waals surface area contributed by atoms with Crippen molar-refractivity contribution in [2.45, 2.75) is 94.9 Å². The summed E-state index contributed by atoms with van der Waals surface area (Å²) in [7, 11) is 1.77. The predicted octanol–water partition coefficient (Wildman–Crippen LogP) is 8.44. The van der Waals surface area contributed by atoms with E-state index >= 15 is 0 Å². The number of benzene rings is 1. The maximum Gasteiger partial charge on any atom is 0.126 e. The molecule has 0 bridgehead atoms. The van der Waals surface area contributed by atoms with Gasteiger partial charge in [-0.15, -0.1) is 0 Å². The van der Waals surface area contributed by atoms with E-state index in [2.05, 4.69) is 87.7 Å². The van der Waals surface area contributed by atoms with Crippen molar-refractivity contribution in [3.63, 3.8) is 0 Å². The summed E-state index contributed by atoms with van der Waals surface area (Å²) in [5.41, 5.74) is 5.36. The molecule has 4 nitrogen and oxygen atoms in total. The molecule has 0 atom stereocenters. The van der Waals surface area contributed by atoms with Crippen LogP contribution >= 0.6 is 0 Å². The molecule has 0 aliphatic heterocycles. The van der Waals surface area contributed by atoms with E-state index in [1.54, 1.807) is 7.05 Å². The first-order valence-corrected chi connectivity index (χ1v) is 12.7. The molecular formula is C29H51N3O. The van der Waals surface area contributed by atoms with Gasteiger partial charge in [-0.25, -0.2) is 9.97 Å². The molecule has 1 heterocycles. The average Bonchev–Trinajstić information content (AvgIpc) is 2.78. The molecule has 4 heteroatoms. The highest BCUT2D eigenvalue weighted by Gasteiger charge is 2.11. The zero-order chi connectivity index (χ0) is 25.8. The molecule has 2 aromatic rings. The molecular weight excluding hydrogens is 406 g/mol. The van der Waals surface area contributed by atoms with Crippen LogP contribution in [0.1, 0.15) is 104 Å². The Kier molecular flexibility index (Phi) is 20.6. The Labute approximate surface area is 205 Å². The molecule has 0 radical (unpaired) electrons. The second kappa shape index (κ2) is 20.5. The Morgan fingerprint density at radius 3 is 1.91 bits per heavy atom. The summed E-state index contributed by atoms with van der Waals surface area (Å²) in [5, 5.41) is 0. The molecule has 0 aliphatic carbocycles. The number of ether oxygens (including phenoxy) is 1. The summed E-state index contributed by atoms with van der Waals surface area (Å²) >= 11 is 0. The third-order valence-corrected chi connectivity index (χ3v) is 4.16. The topological polar surface area (TPSA) is 47.4 Å². The Morgan fingerprint density at radius 2 is 1.48 bits per heavy atom. The van der Waals surface area contributed by atoms with Crippen LogP contribution in [0.2, 0.25) is 0 Å². The van der Waals surface area contributed by atoms with E-state index in [0.29, 0.717) is 11.8 Å². The van der Waals surface area contributed by atoms with Gasteiger partial charge in [0.15, 0.2) is 0 Å². The van der Waals surface area contributed by atoms with E-state index in [9.17, 15) is 0 Å². The lowest BCUT2D eigenvalue weighted by Gasteiger charge is -2.11. The Bertz CT molecular complexity index is 750. The molecule has 0 spiro atoms. The highest BCUT2D eigenvalue weighted by Crippen LogP contribution is 2.24. The van der Waals surface area contributed by atoms with Gasteiger partial charge in [-0.05, 0) is 37.7 Å². The smallest absolute Gasteiger partial charge is 0.126 e. The van der Waals surface area contributed by atoms with Crippen molar-refractivity contribution in [3.8, 4) is 11.3 Å². The van der Waals surface area contributed by atoms with Gasteiger partial charge in [0, 0.05) is 37.6 Å². The minimum atomic E-state index is 0.537. The zero-order valence-corrected chi connectivity index (χ0v) is 23.6. The van der Waals surface area contributed by atoms with Crippen molar-refractivity contribution in [2.75, 3.05) is 20.3 Å². The third-order valence-electron chi connectivity index (χ3n) is 4.16. The van der Waals surface area contributed by atoms with Crippen molar-refractivity contribution in [1.82, 2.24) is 9.97 Å². The molecule has 0 saturated carbocycles. The van der Waals surface area contributed by atoms with Crippen molar-refractivity contribution in [3.05, 3.63) is 46.9 Å². The SMILES string of the molecule is CC.CCC.CCCOCC(C)C.CN=Cc1c(C)nc(C)nc1-c1ccc(C(C)C)cc1. The summed E-state index contributed by atoms with van der Waals surface area (Å²) < 4.78 is 5.24. The van der Waals surface area contributed by atoms with Crippen molar-refractivity contribution < 1.29 is 4.74 Å². The van der Waals surface area contributed by atoms with Crippen LogP contribution in [0.4, 0.5) is 0 Å². The molecule has 33 heavy (non-hydrogen) atoms. The molecule has 0 amide bonds. The fourth-order valence-corrected chi connectivity index (χ4v) is 2.71. The van der Waals surface area contributed by atoms with E-state index < -0.39 is 0 Å². The summed E-state index contributed by atoms with van der Waals surface area (Å²) in [6.45, 7) is 24.8. The second-order valence-corrected chi connectivity index (χ2v) is 8.46. The van der Waals surface area contributed by atoms with Gasteiger partial charge in [-0.3, -0.25) is 4.99 Å². The number of aromatic nitrogens is 2. The quantitative estimate of drug-likeness (QED) is 0.309. The molecule has 1 aromatic heterocycles. The second-order valence-electron chi connectivity index (χ2n) is 8.46. The average molecular weight is 458 g/mol. The van der Waals surface area contributed by atoms with E-state index in [4.69, 9.17) is 4.74 Å². The number of aryl methyl sites for hydroxylation is 2. The van der Waals surface area contributed by atoms with Crippen molar-refractivity contribution in [1.29, 1.82) is 0 Å². The first-order chi connectivity index (χ1) is 15.7. The highest BCUT2D eigenvalue weighted by molar-refractivity contribution is 5.89. The Hall–Kier alpha value is -2.07. The Morgan fingerprint density at radius 1 is 0.939 bits per heavy atom. The van der Waals surface area contributed by atoms with Gasteiger partial charge in [-0.2, -0.15) is 0 Å². The molecule has 0 N–H and O–H groups in total. The van der Waals surface area contributed by atoms with Crippen molar-refractivity contribution >= 4 is 6.21 Å². The predicted molar refractivity (Wildman–Crippen MR) is 148 cm³/mol. The fourth-order valence-electron chi connectivity index (χ4n) is 2.71. The van der Waals surface area contributed by atoms with Gasteiger partial charge in [0.25, 0.3) is 0 Å². The molecule has 0 aliphatic rings. The van der Waals surface area contributed by atoms with E-state index in [-0.39, 0.29) is 0 Å². The molecule has 2 rings (SSSR count). The Balaban J connectivity index is 0. The van der Waals surface area contributed by atoms with Crippen LogP contribution in [0, 0.1) is 19.8 Å². The van der Waals surface area contributed by atoms with E-state index in [1.807, 2.05) is 33.9 Å². The number of hydrogen-bond acceptors (Lipinski definition) is 4. The molecule has 1 aromatic carbocycles. The third kappa shape index (κ3) is 14.6. The highest BCUT2D eigenvalue weighted by atomic mass is 16.5. The molecule has 0 fully saturated rings. The summed E-state index contributed by atoms with van der Waals surface area (Å²) in [6.07, 6.45) is 4.22. The van der Waals surface area contributed by atoms with Crippen LogP contribution < -0.4 is 0 Å². The number of rotatable bonds is 7. The molecule has 188 valence electrons. The minimum Gasteiger partial charge on any atom is -0.381 e. The van der Waals surface area contributed by atoms with Gasteiger partial charge >= 0.3 is 0 Å². The van der Waals surface area contributed by atoms with Gasteiger partial charge in [0.05, 0.1) is 11.4 Å². The number of nitrogens with zero attached hydrogens (tertiary/aromatic N) is 3. The normalized spacial score (nSPS) is 10.2. The fraction of sp³-hybridized carbons (Fsp3) is 0.621. The first kappa shape index (κ1) is 33.1. The van der Waals surface area contributed by atoms with Crippen LogP contribution in [0.5, 0.6) is 0 Å². The van der Waals surface area contributed by atoms with Gasteiger partial charge in [-0.1, -0.05) is 93.0 Å². The summed E-state index contributed by atoms with van der Waals surface area (Å²) in [5.74, 6) is 2.01. The first-order valence-electron chi connectivity index (χ1n) is 12.7. The van der Waals surface area contributed by atoms with Gasteiger partial charge < -0.3 is 4.74 Å². The van der Waals surface area contributed by atoms with Crippen LogP contribution in [0.15, 0.2) is 29.3 Å². The maximum atomic E-state index is 5.24. The summed E-state index contributed by atoms with van der Waals surface area (Å²) in [4.78, 5) is 13.1. The monoisotopic (exact) mass is 457 g/mol. The molecule has 0 saturated heterocycles. The van der Waals surface area contributed by atoms with E-state index in [0.717, 1.165) is 48.0 Å². The van der Waals surface area contributed by atoms with Crippen LogP contribution in [-0.2, 0) is 4.74 Å². The largest absolute Gasteiger partial charge is 0.381 e. The van der Waals surface area contributed by atoms with Gasteiger partial charge in [0.1, 0.15) is 5.82 Å². The number of aliphatic imine (C=N–C) groups is 1. The lowest BCUT2D eigenvalue weighted by molar-refractivity contribution is 0.110. The maximum absolute atomic E-state index is 5.24. The molecule has 0 unspecified atom stereocenters. The minimum absolute atomic E-state index is 0.537. The van der Waals surface area contributed by atoms with Crippen LogP contribution in [0.3, 0.4) is 0 Å². The standard InChI is InChI=1S/C17H21N3.C7H16O.C3H8.C2H6/c1-11(2)14-6-8-15(9-7-14)17-16(10-18-5)12(3)19-13(4)20-17;1-4-5-8-6-7(2)3;1-3-2;1-2/h6-11H,1-5H3;7H,4-6H2,1-3H3;3H2,1-2H3;1-2H3. The summed E-state index contributed by atoms with van der Waals surface area (Å²) in [6, 6.07) is 8.59. The number of hydrogen-bond donors (Lipinski definition) is 0. The van der Waals surface area contributed by atoms with Crippen LogP contribution in [-0.4, -0.2) is 36.4 Å². The van der Waals surface area contributed by atoms with Crippen LogP contribution in [0.25, 0.3) is 11.3 Å². The zero-order valence-electron chi connectivity index (χ0n) is 23.6. The van der Waals surface area contributed by atoms with Gasteiger partial charge in [0.2, 0.25) is 0 Å². The van der Waals surface area contributed by atoms with Crippen molar-refractivity contribution in [2.24, 2.45) is 10.9 Å². The lowest BCUT2D eigenvalue weighted by Crippen LogP contribution is -2.02.